The van der Waals surface area contributed by atoms with Crippen molar-refractivity contribution in [3.05, 3.63) is 52.3 Å². The molecule has 118 valence electrons. The molecule has 0 saturated heterocycles. The van der Waals surface area contributed by atoms with Crippen molar-refractivity contribution >= 4 is 22.6 Å². The second-order valence-electron chi connectivity index (χ2n) is 5.16. The van der Waals surface area contributed by atoms with E-state index in [2.05, 4.69) is 25.0 Å². The Labute approximate surface area is 131 Å². The fraction of sp³-hybridized carbons (Fsp3) is 0.200. The number of carbonyl (C=O) groups is 1. The van der Waals surface area contributed by atoms with Crippen molar-refractivity contribution in [2.24, 2.45) is 0 Å². The van der Waals surface area contributed by atoms with E-state index in [1.54, 1.807) is 6.07 Å². The highest BCUT2D eigenvalue weighted by molar-refractivity contribution is 6.06. The molecule has 0 aliphatic heterocycles. The highest BCUT2D eigenvalue weighted by Crippen LogP contribution is 2.22. The molecule has 0 saturated carbocycles. The first-order valence-electron chi connectivity index (χ1n) is 6.95. The molecule has 0 bridgehead atoms. The van der Waals surface area contributed by atoms with Crippen LogP contribution in [0.15, 0.2) is 39.6 Å². The monoisotopic (exact) mass is 313 g/mol. The van der Waals surface area contributed by atoms with E-state index in [1.807, 2.05) is 43.3 Å². The molecule has 8 heteroatoms. The third kappa shape index (κ3) is 3.05. The van der Waals surface area contributed by atoms with Gasteiger partial charge in [-0.3, -0.25) is 14.3 Å². The number of carbonyl (C=O) groups excluding carboxylic acids is 1. The van der Waals surface area contributed by atoms with Crippen molar-refractivity contribution < 1.29 is 9.32 Å². The summed E-state index contributed by atoms with van der Waals surface area (Å²) in [7, 11) is 3.72. The first kappa shape index (κ1) is 14.8. The van der Waals surface area contributed by atoms with Gasteiger partial charge in [-0.1, -0.05) is 23.4 Å². The summed E-state index contributed by atoms with van der Waals surface area (Å²) >= 11 is 0. The van der Waals surface area contributed by atoms with Crippen LogP contribution in [0.3, 0.4) is 0 Å². The number of para-hydroxylation sites is 1. The van der Waals surface area contributed by atoms with Crippen molar-refractivity contribution in [3.63, 3.8) is 0 Å². The van der Waals surface area contributed by atoms with Crippen LogP contribution in [0.2, 0.25) is 0 Å². The van der Waals surface area contributed by atoms with Crippen LogP contribution in [-0.2, 0) is 6.54 Å². The summed E-state index contributed by atoms with van der Waals surface area (Å²) < 4.78 is 4.39. The third-order valence-corrected chi connectivity index (χ3v) is 3.31. The first-order valence-corrected chi connectivity index (χ1v) is 6.95. The summed E-state index contributed by atoms with van der Waals surface area (Å²) in [4.78, 5) is 32.1. The number of fused-ring (bicyclic) bond motifs is 1. The van der Waals surface area contributed by atoms with E-state index >= 15 is 0 Å². The van der Waals surface area contributed by atoms with E-state index in [4.69, 9.17) is 0 Å². The van der Waals surface area contributed by atoms with Gasteiger partial charge in [-0.15, -0.1) is 0 Å². The van der Waals surface area contributed by atoms with Gasteiger partial charge < -0.3 is 10.2 Å². The Morgan fingerprint density at radius 1 is 1.35 bits per heavy atom. The van der Waals surface area contributed by atoms with Gasteiger partial charge in [0.1, 0.15) is 5.82 Å². The van der Waals surface area contributed by atoms with E-state index in [9.17, 15) is 9.59 Å². The van der Waals surface area contributed by atoms with Crippen molar-refractivity contribution in [3.8, 4) is 0 Å². The van der Waals surface area contributed by atoms with Gasteiger partial charge in [-0.05, 0) is 12.1 Å². The summed E-state index contributed by atoms with van der Waals surface area (Å²) in [5.41, 5.74) is 1.24. The molecule has 23 heavy (non-hydrogen) atoms. The van der Waals surface area contributed by atoms with Crippen LogP contribution in [0.5, 0.6) is 0 Å². The molecule has 0 radical (unpaired) electrons. The largest absolute Gasteiger partial charge is 0.438 e. The van der Waals surface area contributed by atoms with Gasteiger partial charge in [-0.25, -0.2) is 9.78 Å². The molecule has 0 aliphatic rings. The Balaban J connectivity index is 1.93. The van der Waals surface area contributed by atoms with Gasteiger partial charge in [0.15, 0.2) is 5.82 Å². The molecule has 0 fully saturated rings. The summed E-state index contributed by atoms with van der Waals surface area (Å²) in [5, 5.41) is 6.97. The Hall–Kier alpha value is -3.16. The number of rotatable bonds is 4. The van der Waals surface area contributed by atoms with E-state index in [0.29, 0.717) is 11.4 Å². The van der Waals surface area contributed by atoms with Crippen molar-refractivity contribution in [1.82, 2.24) is 20.4 Å². The minimum atomic E-state index is -0.654. The molecule has 0 spiro atoms. The van der Waals surface area contributed by atoms with Crippen LogP contribution >= 0.6 is 0 Å². The van der Waals surface area contributed by atoms with Crippen LogP contribution < -0.4 is 16.0 Å². The van der Waals surface area contributed by atoms with Crippen LogP contribution in [0.25, 0.3) is 10.9 Å². The number of amides is 1. The average Bonchev–Trinajstić information content (AvgIpc) is 2.97. The second kappa shape index (κ2) is 5.91. The van der Waals surface area contributed by atoms with Gasteiger partial charge in [0, 0.05) is 19.5 Å². The fourth-order valence-electron chi connectivity index (χ4n) is 2.17. The summed E-state index contributed by atoms with van der Waals surface area (Å²) in [6, 6.07) is 9.15. The number of hydrogen-bond donors (Lipinski definition) is 2. The van der Waals surface area contributed by atoms with E-state index in [0.717, 1.165) is 10.9 Å². The molecule has 0 atom stereocenters. The first-order chi connectivity index (χ1) is 11.0. The highest BCUT2D eigenvalue weighted by Gasteiger charge is 2.14. The minimum Gasteiger partial charge on any atom is -0.363 e. The van der Waals surface area contributed by atoms with E-state index in [1.165, 1.54) is 0 Å². The minimum absolute atomic E-state index is 0.0680. The summed E-state index contributed by atoms with van der Waals surface area (Å²) in [5.74, 6) is 0.00675. The molecular formula is C15H15N5O3. The Morgan fingerprint density at radius 2 is 2.13 bits per heavy atom. The number of benzene rings is 1. The number of nitrogens with one attached hydrogen (secondary N) is 2. The van der Waals surface area contributed by atoms with Gasteiger partial charge in [0.2, 0.25) is 0 Å². The predicted octanol–water partition coefficient (Wildman–Crippen LogP) is 0.907. The number of hydrogen-bond acceptors (Lipinski definition) is 6. The van der Waals surface area contributed by atoms with E-state index in [-0.39, 0.29) is 18.3 Å². The van der Waals surface area contributed by atoms with Gasteiger partial charge in [0.05, 0.1) is 17.6 Å². The number of nitrogens with zero attached hydrogens (tertiary/aromatic N) is 3. The molecule has 3 rings (SSSR count). The van der Waals surface area contributed by atoms with E-state index < -0.39 is 5.76 Å². The topological polar surface area (TPSA) is 104 Å². The lowest BCUT2D eigenvalue weighted by atomic mass is 10.1. The van der Waals surface area contributed by atoms with Crippen LogP contribution in [0, 0.1) is 0 Å². The Morgan fingerprint density at radius 3 is 2.83 bits per heavy atom. The molecule has 2 N–H and O–H groups in total. The SMILES string of the molecule is CN(C)c1cc(C(=O)NCc2noc(=O)[nH]2)c2ccccc2n1. The normalized spacial score (nSPS) is 10.7. The molecule has 2 heterocycles. The summed E-state index contributed by atoms with van der Waals surface area (Å²) in [6.45, 7) is 0.0680. The van der Waals surface area contributed by atoms with Crippen LogP contribution in [0.1, 0.15) is 16.2 Å². The maximum Gasteiger partial charge on any atom is 0.438 e. The Bertz CT molecular complexity index is 913. The van der Waals surface area contributed by atoms with Crippen molar-refractivity contribution in [2.75, 3.05) is 19.0 Å². The van der Waals surface area contributed by atoms with Crippen LogP contribution in [0.4, 0.5) is 5.82 Å². The lowest BCUT2D eigenvalue weighted by Crippen LogP contribution is -2.24. The molecule has 1 amide bonds. The third-order valence-electron chi connectivity index (χ3n) is 3.31. The maximum atomic E-state index is 12.5. The lowest BCUT2D eigenvalue weighted by molar-refractivity contribution is 0.0951. The number of pyridine rings is 1. The molecule has 2 aromatic heterocycles. The van der Waals surface area contributed by atoms with Gasteiger partial charge in [0.25, 0.3) is 5.91 Å². The fourth-order valence-corrected chi connectivity index (χ4v) is 2.17. The number of H-pyrrole nitrogens is 1. The molecule has 8 nitrogen and oxygen atoms in total. The molecule has 1 aromatic carbocycles. The van der Waals surface area contributed by atoms with Crippen LogP contribution in [-0.4, -0.2) is 35.1 Å². The Kier molecular flexibility index (Phi) is 3.80. The zero-order valence-corrected chi connectivity index (χ0v) is 12.7. The maximum absolute atomic E-state index is 12.5. The smallest absolute Gasteiger partial charge is 0.363 e. The zero-order valence-electron chi connectivity index (χ0n) is 12.7. The average molecular weight is 313 g/mol. The van der Waals surface area contributed by atoms with Gasteiger partial charge in [-0.2, -0.15) is 0 Å². The second-order valence-corrected chi connectivity index (χ2v) is 5.16. The van der Waals surface area contributed by atoms with Gasteiger partial charge >= 0.3 is 5.76 Å². The summed E-state index contributed by atoms with van der Waals surface area (Å²) in [6.07, 6.45) is 0. The molecule has 0 aliphatic carbocycles. The molecule has 0 unspecified atom stereocenters. The number of aromatic amines is 1. The lowest BCUT2D eigenvalue weighted by Gasteiger charge is -2.14. The predicted molar refractivity (Wildman–Crippen MR) is 84.4 cm³/mol. The quantitative estimate of drug-likeness (QED) is 0.742. The van der Waals surface area contributed by atoms with Crippen molar-refractivity contribution in [2.45, 2.75) is 6.54 Å². The van der Waals surface area contributed by atoms with Crippen molar-refractivity contribution in [1.29, 1.82) is 0 Å². The molecule has 3 aromatic rings. The standard InChI is InChI=1S/C15H15N5O3/c1-20(2)13-7-10(9-5-3-4-6-11(9)17-13)14(21)16-8-12-18-15(22)23-19-12/h3-7H,8H2,1-2H3,(H,16,21)(H,18,19,22). The highest BCUT2D eigenvalue weighted by atomic mass is 16.5. The number of aromatic nitrogens is 3. The zero-order chi connectivity index (χ0) is 16.4. The number of anilines is 1. The molecular weight excluding hydrogens is 298 g/mol.